The summed E-state index contributed by atoms with van der Waals surface area (Å²) in [5.74, 6) is 5.33. The number of nitro benzene ring substituents is 1. The van der Waals surface area contributed by atoms with E-state index in [9.17, 15) is 18.5 Å². The van der Waals surface area contributed by atoms with Crippen molar-refractivity contribution in [3.05, 3.63) is 28.3 Å². The van der Waals surface area contributed by atoms with Gasteiger partial charge >= 0.3 is 0 Å². The number of anilines is 1. The molecule has 0 aliphatic heterocycles. The Morgan fingerprint density at radius 2 is 1.90 bits per heavy atom. The third-order valence-corrected chi connectivity index (χ3v) is 4.56. The van der Waals surface area contributed by atoms with Crippen molar-refractivity contribution in [3.8, 4) is 0 Å². The first-order valence-electron chi connectivity index (χ1n) is 5.96. The lowest BCUT2D eigenvalue weighted by Gasteiger charge is -2.18. The zero-order chi connectivity index (χ0) is 15.5. The molecule has 0 amide bonds. The molecule has 0 saturated carbocycles. The van der Waals surface area contributed by atoms with Crippen LogP contribution in [0.2, 0.25) is 0 Å². The molecule has 0 aromatic heterocycles. The van der Waals surface area contributed by atoms with Crippen LogP contribution < -0.4 is 16.0 Å². The lowest BCUT2D eigenvalue weighted by molar-refractivity contribution is -0.385. The van der Waals surface area contributed by atoms with Gasteiger partial charge in [-0.2, -0.15) is 0 Å². The minimum absolute atomic E-state index is 0.0813. The molecule has 0 fully saturated rings. The summed E-state index contributed by atoms with van der Waals surface area (Å²) < 4.78 is 27.0. The second-order valence-electron chi connectivity index (χ2n) is 4.74. The molecule has 1 atom stereocenters. The first-order valence-corrected chi connectivity index (χ1v) is 7.44. The maximum Gasteiger partial charge on any atom is 0.270 e. The van der Waals surface area contributed by atoms with Crippen LogP contribution in [-0.2, 0) is 10.0 Å². The average Bonchev–Trinajstić information content (AvgIpc) is 2.37. The highest BCUT2D eigenvalue weighted by Gasteiger charge is 2.24. The molecule has 20 heavy (non-hydrogen) atoms. The van der Waals surface area contributed by atoms with Gasteiger partial charge in [0.05, 0.1) is 10.6 Å². The Hall–Kier alpha value is -1.71. The van der Waals surface area contributed by atoms with Crippen LogP contribution >= 0.6 is 0 Å². The van der Waals surface area contributed by atoms with Gasteiger partial charge in [0.25, 0.3) is 5.69 Å². The first-order chi connectivity index (χ1) is 9.19. The van der Waals surface area contributed by atoms with Gasteiger partial charge in [0, 0.05) is 18.2 Å². The van der Waals surface area contributed by atoms with Crippen molar-refractivity contribution in [2.24, 2.45) is 11.8 Å². The smallest absolute Gasteiger partial charge is 0.270 e. The molecule has 4 N–H and O–H groups in total. The van der Waals surface area contributed by atoms with Gasteiger partial charge in [-0.1, -0.05) is 13.8 Å². The maximum atomic E-state index is 12.3. The minimum Gasteiger partial charge on any atom is -0.323 e. The summed E-state index contributed by atoms with van der Waals surface area (Å²) in [4.78, 5) is 9.84. The predicted molar refractivity (Wildman–Crippen MR) is 75.5 cm³/mol. The van der Waals surface area contributed by atoms with Crippen LogP contribution in [0, 0.1) is 16.0 Å². The van der Waals surface area contributed by atoms with Crippen LogP contribution in [0.1, 0.15) is 20.8 Å². The fraction of sp³-hybridized carbons (Fsp3) is 0.455. The number of benzene rings is 1. The van der Waals surface area contributed by atoms with Crippen LogP contribution in [0.15, 0.2) is 23.1 Å². The van der Waals surface area contributed by atoms with Crippen molar-refractivity contribution in [3.63, 3.8) is 0 Å². The summed E-state index contributed by atoms with van der Waals surface area (Å²) in [5, 5.41) is 10.7. The second-order valence-corrected chi connectivity index (χ2v) is 6.42. The molecule has 0 aliphatic carbocycles. The highest BCUT2D eigenvalue weighted by Crippen LogP contribution is 2.26. The molecular formula is C11H18N4O4S. The van der Waals surface area contributed by atoms with Gasteiger partial charge in [-0.05, 0) is 18.9 Å². The number of nitrogens with two attached hydrogens (primary N) is 1. The van der Waals surface area contributed by atoms with Crippen molar-refractivity contribution in [2.45, 2.75) is 31.7 Å². The van der Waals surface area contributed by atoms with Gasteiger partial charge in [-0.3, -0.25) is 16.0 Å². The Morgan fingerprint density at radius 1 is 1.30 bits per heavy atom. The SMILES string of the molecule is CC(C)C(C)NS(=O)(=O)c1cc([N+](=O)[O-])ccc1NN. The van der Waals surface area contributed by atoms with Gasteiger partial charge in [0.1, 0.15) is 4.90 Å². The second kappa shape index (κ2) is 6.16. The van der Waals surface area contributed by atoms with Gasteiger partial charge in [-0.15, -0.1) is 0 Å². The summed E-state index contributed by atoms with van der Waals surface area (Å²) in [7, 11) is -3.90. The van der Waals surface area contributed by atoms with Gasteiger partial charge in [0.15, 0.2) is 0 Å². The predicted octanol–water partition coefficient (Wildman–Crippen LogP) is 1.20. The summed E-state index contributed by atoms with van der Waals surface area (Å²) in [6.45, 7) is 5.45. The normalized spacial score (nSPS) is 13.2. The lowest BCUT2D eigenvalue weighted by atomic mass is 10.1. The van der Waals surface area contributed by atoms with E-state index in [4.69, 9.17) is 5.84 Å². The fourth-order valence-corrected chi connectivity index (χ4v) is 2.99. The van der Waals surface area contributed by atoms with E-state index < -0.39 is 14.9 Å². The Balaban J connectivity index is 3.28. The van der Waals surface area contributed by atoms with Crippen molar-refractivity contribution >= 4 is 21.4 Å². The van der Waals surface area contributed by atoms with E-state index in [1.54, 1.807) is 6.92 Å². The Kier molecular flexibility index (Phi) is 5.03. The summed E-state index contributed by atoms with van der Waals surface area (Å²) in [6, 6.07) is 3.10. The molecule has 0 spiro atoms. The molecule has 112 valence electrons. The number of nitrogen functional groups attached to an aromatic ring is 1. The third kappa shape index (κ3) is 3.65. The van der Waals surface area contributed by atoms with E-state index in [0.29, 0.717) is 0 Å². The van der Waals surface area contributed by atoms with Crippen molar-refractivity contribution in [2.75, 3.05) is 5.43 Å². The van der Waals surface area contributed by atoms with Crippen molar-refractivity contribution in [1.82, 2.24) is 4.72 Å². The van der Waals surface area contributed by atoms with Crippen LogP contribution in [0.5, 0.6) is 0 Å². The van der Waals surface area contributed by atoms with Gasteiger partial charge < -0.3 is 5.43 Å². The summed E-state index contributed by atoms with van der Waals surface area (Å²) >= 11 is 0. The molecule has 1 aromatic carbocycles. The average molecular weight is 302 g/mol. The van der Waals surface area contributed by atoms with Crippen molar-refractivity contribution in [1.29, 1.82) is 0 Å². The van der Waals surface area contributed by atoms with E-state index in [1.807, 2.05) is 13.8 Å². The van der Waals surface area contributed by atoms with Crippen LogP contribution in [-0.4, -0.2) is 19.4 Å². The van der Waals surface area contributed by atoms with Crippen LogP contribution in [0.3, 0.4) is 0 Å². The molecule has 0 aliphatic rings. The van der Waals surface area contributed by atoms with Crippen LogP contribution in [0.25, 0.3) is 0 Å². The number of sulfonamides is 1. The Bertz CT molecular complexity index is 600. The largest absolute Gasteiger partial charge is 0.323 e. The molecule has 0 radical (unpaired) electrons. The quantitative estimate of drug-likeness (QED) is 0.411. The fourth-order valence-electron chi connectivity index (χ4n) is 1.41. The number of hydrogen-bond acceptors (Lipinski definition) is 6. The lowest BCUT2D eigenvalue weighted by Crippen LogP contribution is -2.36. The monoisotopic (exact) mass is 302 g/mol. The van der Waals surface area contributed by atoms with Gasteiger partial charge in [-0.25, -0.2) is 13.1 Å². The molecule has 0 bridgehead atoms. The molecule has 1 aromatic rings. The molecule has 0 heterocycles. The number of hydrogen-bond donors (Lipinski definition) is 3. The zero-order valence-corrected chi connectivity index (χ0v) is 12.3. The Morgan fingerprint density at radius 3 is 2.35 bits per heavy atom. The number of hydrazine groups is 1. The molecule has 8 nitrogen and oxygen atoms in total. The van der Waals surface area contributed by atoms with Crippen molar-refractivity contribution < 1.29 is 13.3 Å². The van der Waals surface area contributed by atoms with E-state index >= 15 is 0 Å². The standard InChI is InChI=1S/C11H18N4O4S/c1-7(2)8(3)14-20(18,19)11-6-9(15(16)17)4-5-10(11)13-12/h4-8,13-14H,12H2,1-3H3. The molecule has 1 unspecified atom stereocenters. The molecule has 9 heteroatoms. The molecule has 1 rings (SSSR count). The van der Waals surface area contributed by atoms with Crippen LogP contribution in [0.4, 0.5) is 11.4 Å². The molecular weight excluding hydrogens is 284 g/mol. The zero-order valence-electron chi connectivity index (χ0n) is 11.5. The Labute approximate surface area is 117 Å². The summed E-state index contributed by atoms with van der Waals surface area (Å²) in [6.07, 6.45) is 0. The minimum atomic E-state index is -3.90. The number of rotatable bonds is 6. The number of nitro groups is 1. The topological polar surface area (TPSA) is 127 Å². The number of non-ortho nitro benzene ring substituents is 1. The number of nitrogens with one attached hydrogen (secondary N) is 2. The number of nitrogens with zero attached hydrogens (tertiary/aromatic N) is 1. The van der Waals surface area contributed by atoms with Gasteiger partial charge in [0.2, 0.25) is 10.0 Å². The van der Waals surface area contributed by atoms with E-state index in [-0.39, 0.29) is 28.2 Å². The van der Waals surface area contributed by atoms with E-state index in [1.165, 1.54) is 12.1 Å². The highest BCUT2D eigenvalue weighted by atomic mass is 32.2. The first kappa shape index (κ1) is 16.3. The van der Waals surface area contributed by atoms with E-state index in [0.717, 1.165) is 6.07 Å². The molecule has 0 saturated heterocycles. The third-order valence-electron chi connectivity index (χ3n) is 2.96. The highest BCUT2D eigenvalue weighted by molar-refractivity contribution is 7.89. The maximum absolute atomic E-state index is 12.3. The summed E-state index contributed by atoms with van der Waals surface area (Å²) in [5.41, 5.74) is 2.01. The van der Waals surface area contributed by atoms with E-state index in [2.05, 4.69) is 10.1 Å².